The van der Waals surface area contributed by atoms with Gasteiger partial charge in [0.2, 0.25) is 0 Å². The first-order valence-corrected chi connectivity index (χ1v) is 8.05. The molecule has 122 valence electrons. The number of carbonyl (C=O) groups is 1. The van der Waals surface area contributed by atoms with Crippen molar-refractivity contribution in [3.8, 4) is 0 Å². The molecular formula is C17H27N3O2. The summed E-state index contributed by atoms with van der Waals surface area (Å²) in [6.07, 6.45) is 1.49. The van der Waals surface area contributed by atoms with Crippen LogP contribution in [0.5, 0.6) is 0 Å². The minimum Gasteiger partial charge on any atom is -0.393 e. The third-order valence-corrected chi connectivity index (χ3v) is 4.43. The number of amides is 2. The van der Waals surface area contributed by atoms with Gasteiger partial charge in [0.15, 0.2) is 0 Å². The van der Waals surface area contributed by atoms with E-state index in [0.29, 0.717) is 12.5 Å². The van der Waals surface area contributed by atoms with E-state index in [0.717, 1.165) is 38.2 Å². The number of aliphatic hydroxyl groups is 1. The molecule has 1 heterocycles. The molecule has 1 aromatic rings. The predicted octanol–water partition coefficient (Wildman–Crippen LogP) is 1.93. The molecule has 1 aromatic carbocycles. The zero-order chi connectivity index (χ0) is 15.9. The van der Waals surface area contributed by atoms with E-state index in [1.54, 1.807) is 0 Å². The molecule has 1 unspecified atom stereocenters. The van der Waals surface area contributed by atoms with Crippen LogP contribution in [0.15, 0.2) is 30.3 Å². The Kier molecular flexibility index (Phi) is 6.07. The van der Waals surface area contributed by atoms with Crippen LogP contribution in [0.2, 0.25) is 0 Å². The summed E-state index contributed by atoms with van der Waals surface area (Å²) < 4.78 is 0. The van der Waals surface area contributed by atoms with Crippen LogP contribution < -0.4 is 10.2 Å². The normalized spacial score (nSPS) is 17.1. The molecule has 1 fully saturated rings. The van der Waals surface area contributed by atoms with Gasteiger partial charge in [0, 0.05) is 38.9 Å². The number of anilines is 1. The van der Waals surface area contributed by atoms with Gasteiger partial charge in [-0.1, -0.05) is 18.2 Å². The molecular weight excluding hydrogens is 278 g/mol. The predicted molar refractivity (Wildman–Crippen MR) is 89.1 cm³/mol. The van der Waals surface area contributed by atoms with Crippen molar-refractivity contribution in [2.45, 2.75) is 25.9 Å². The Morgan fingerprint density at radius 2 is 2.00 bits per heavy atom. The lowest BCUT2D eigenvalue weighted by Gasteiger charge is -2.33. The molecule has 0 radical (unpaired) electrons. The fourth-order valence-electron chi connectivity index (χ4n) is 2.84. The molecule has 0 bridgehead atoms. The number of likely N-dealkylation sites (N-methyl/N-ethyl adjacent to an activating group) is 1. The van der Waals surface area contributed by atoms with Crippen molar-refractivity contribution in [2.24, 2.45) is 5.92 Å². The molecule has 1 aliphatic rings. The van der Waals surface area contributed by atoms with Gasteiger partial charge in [-0.2, -0.15) is 0 Å². The van der Waals surface area contributed by atoms with Gasteiger partial charge in [0.25, 0.3) is 0 Å². The molecule has 0 saturated carbocycles. The number of rotatable bonds is 5. The standard InChI is InChI=1S/C17H27N3O2/c1-14(21)15-8-11-20(12-9-15)17(22)18-10-13-19(2)16-6-4-3-5-7-16/h3-7,14-15,21H,8-13H2,1-2H3,(H,18,22). The summed E-state index contributed by atoms with van der Waals surface area (Å²) in [6.45, 7) is 4.70. The number of likely N-dealkylation sites (tertiary alicyclic amines) is 1. The van der Waals surface area contributed by atoms with Crippen LogP contribution in [0.4, 0.5) is 10.5 Å². The summed E-state index contributed by atoms with van der Waals surface area (Å²) in [7, 11) is 2.02. The van der Waals surface area contributed by atoms with Crippen LogP contribution in [0.1, 0.15) is 19.8 Å². The second kappa shape index (κ2) is 8.03. The quantitative estimate of drug-likeness (QED) is 0.874. The molecule has 22 heavy (non-hydrogen) atoms. The van der Waals surface area contributed by atoms with E-state index in [-0.39, 0.29) is 12.1 Å². The highest BCUT2D eigenvalue weighted by Gasteiger charge is 2.25. The molecule has 2 rings (SSSR count). The van der Waals surface area contributed by atoms with E-state index in [9.17, 15) is 9.90 Å². The zero-order valence-electron chi connectivity index (χ0n) is 13.5. The summed E-state index contributed by atoms with van der Waals surface area (Å²) in [5.74, 6) is 0.327. The number of carbonyl (C=O) groups excluding carboxylic acids is 1. The number of hydrogen-bond acceptors (Lipinski definition) is 3. The van der Waals surface area contributed by atoms with E-state index in [2.05, 4.69) is 22.3 Å². The first-order valence-electron chi connectivity index (χ1n) is 8.05. The van der Waals surface area contributed by atoms with Crippen LogP contribution in [0.25, 0.3) is 0 Å². The molecule has 2 amide bonds. The minimum absolute atomic E-state index is 0.00510. The van der Waals surface area contributed by atoms with E-state index < -0.39 is 0 Å². The maximum atomic E-state index is 12.1. The van der Waals surface area contributed by atoms with E-state index in [1.807, 2.05) is 37.1 Å². The number of nitrogens with one attached hydrogen (secondary N) is 1. The Hall–Kier alpha value is -1.75. The molecule has 1 atom stereocenters. The lowest BCUT2D eigenvalue weighted by atomic mass is 9.92. The smallest absolute Gasteiger partial charge is 0.317 e. The number of aliphatic hydroxyl groups excluding tert-OH is 1. The highest BCUT2D eigenvalue weighted by molar-refractivity contribution is 5.74. The van der Waals surface area contributed by atoms with Crippen molar-refractivity contribution in [1.29, 1.82) is 0 Å². The topological polar surface area (TPSA) is 55.8 Å². The second-order valence-electron chi connectivity index (χ2n) is 6.05. The fourth-order valence-corrected chi connectivity index (χ4v) is 2.84. The fraction of sp³-hybridized carbons (Fsp3) is 0.588. The molecule has 0 aliphatic carbocycles. The zero-order valence-corrected chi connectivity index (χ0v) is 13.5. The van der Waals surface area contributed by atoms with Crippen LogP contribution >= 0.6 is 0 Å². The van der Waals surface area contributed by atoms with Gasteiger partial charge in [-0.25, -0.2) is 4.79 Å². The van der Waals surface area contributed by atoms with Crippen LogP contribution in [0, 0.1) is 5.92 Å². The van der Waals surface area contributed by atoms with Crippen LogP contribution in [-0.2, 0) is 0 Å². The molecule has 5 heteroatoms. The van der Waals surface area contributed by atoms with Crippen molar-refractivity contribution < 1.29 is 9.90 Å². The highest BCUT2D eigenvalue weighted by Crippen LogP contribution is 2.20. The summed E-state index contributed by atoms with van der Waals surface area (Å²) in [4.78, 5) is 16.1. The summed E-state index contributed by atoms with van der Waals surface area (Å²) >= 11 is 0. The first kappa shape index (κ1) is 16.6. The number of benzene rings is 1. The van der Waals surface area contributed by atoms with Crippen LogP contribution in [0.3, 0.4) is 0 Å². The Morgan fingerprint density at radius 1 is 1.36 bits per heavy atom. The van der Waals surface area contributed by atoms with Crippen molar-refractivity contribution in [3.63, 3.8) is 0 Å². The van der Waals surface area contributed by atoms with Gasteiger partial charge in [0.1, 0.15) is 0 Å². The molecule has 1 saturated heterocycles. The molecule has 5 nitrogen and oxygen atoms in total. The lowest BCUT2D eigenvalue weighted by molar-refractivity contribution is 0.0799. The second-order valence-corrected chi connectivity index (χ2v) is 6.05. The number of para-hydroxylation sites is 1. The van der Waals surface area contributed by atoms with Gasteiger partial charge in [-0.3, -0.25) is 0 Å². The number of nitrogens with zero attached hydrogens (tertiary/aromatic N) is 2. The average molecular weight is 305 g/mol. The number of piperidine rings is 1. The Labute approximate surface area is 132 Å². The number of hydrogen-bond donors (Lipinski definition) is 2. The van der Waals surface area contributed by atoms with Crippen molar-refractivity contribution >= 4 is 11.7 Å². The number of urea groups is 1. The largest absolute Gasteiger partial charge is 0.393 e. The molecule has 2 N–H and O–H groups in total. The Balaban J connectivity index is 1.68. The van der Waals surface area contributed by atoms with Crippen LogP contribution in [-0.4, -0.2) is 55.4 Å². The SMILES string of the molecule is CC(O)C1CCN(C(=O)NCCN(C)c2ccccc2)CC1. The van der Waals surface area contributed by atoms with Gasteiger partial charge in [-0.05, 0) is 37.8 Å². The van der Waals surface area contributed by atoms with Gasteiger partial charge >= 0.3 is 6.03 Å². The van der Waals surface area contributed by atoms with Crippen molar-refractivity contribution in [3.05, 3.63) is 30.3 Å². The summed E-state index contributed by atoms with van der Waals surface area (Å²) in [5, 5.41) is 12.6. The Morgan fingerprint density at radius 3 is 2.59 bits per heavy atom. The summed E-state index contributed by atoms with van der Waals surface area (Å²) in [6, 6.07) is 10.1. The van der Waals surface area contributed by atoms with Crippen molar-refractivity contribution in [1.82, 2.24) is 10.2 Å². The van der Waals surface area contributed by atoms with Gasteiger partial charge in [-0.15, -0.1) is 0 Å². The maximum absolute atomic E-state index is 12.1. The third kappa shape index (κ3) is 4.63. The summed E-state index contributed by atoms with van der Waals surface area (Å²) in [5.41, 5.74) is 1.15. The van der Waals surface area contributed by atoms with Gasteiger partial charge in [0.05, 0.1) is 6.10 Å². The molecule has 0 aromatic heterocycles. The average Bonchev–Trinajstić information content (AvgIpc) is 2.55. The van der Waals surface area contributed by atoms with Gasteiger partial charge < -0.3 is 20.2 Å². The maximum Gasteiger partial charge on any atom is 0.317 e. The monoisotopic (exact) mass is 305 g/mol. The third-order valence-electron chi connectivity index (χ3n) is 4.43. The lowest BCUT2D eigenvalue weighted by Crippen LogP contribution is -2.47. The van der Waals surface area contributed by atoms with Crippen molar-refractivity contribution in [2.75, 3.05) is 38.1 Å². The highest BCUT2D eigenvalue weighted by atomic mass is 16.3. The van der Waals surface area contributed by atoms with E-state index in [1.165, 1.54) is 0 Å². The Bertz CT molecular complexity index is 456. The molecule has 1 aliphatic heterocycles. The van der Waals surface area contributed by atoms with E-state index in [4.69, 9.17) is 0 Å². The first-order chi connectivity index (χ1) is 10.6. The minimum atomic E-state index is -0.273. The molecule has 0 spiro atoms. The van der Waals surface area contributed by atoms with E-state index >= 15 is 0 Å².